The van der Waals surface area contributed by atoms with Crippen molar-refractivity contribution in [3.63, 3.8) is 0 Å². The van der Waals surface area contributed by atoms with Crippen molar-refractivity contribution in [3.05, 3.63) is 35.9 Å². The summed E-state index contributed by atoms with van der Waals surface area (Å²) in [4.78, 5) is 0. The predicted octanol–water partition coefficient (Wildman–Crippen LogP) is 3.41. The second-order valence-electron chi connectivity index (χ2n) is 4.13. The van der Waals surface area contributed by atoms with Gasteiger partial charge in [0.2, 0.25) is 0 Å². The quantitative estimate of drug-likeness (QED) is 0.765. The molecule has 14 heavy (non-hydrogen) atoms. The first-order valence-corrected chi connectivity index (χ1v) is 5.22. The van der Waals surface area contributed by atoms with Crippen LogP contribution in [0.5, 0.6) is 0 Å². The third-order valence-corrected chi connectivity index (χ3v) is 1.75. The maximum atomic E-state index is 8.72. The van der Waals surface area contributed by atoms with Crippen LogP contribution in [0.15, 0.2) is 30.3 Å². The van der Waals surface area contributed by atoms with Crippen molar-refractivity contribution >= 4 is 0 Å². The molecule has 1 aromatic rings. The lowest BCUT2D eigenvalue weighted by Gasteiger charge is -2.04. The Morgan fingerprint density at radius 3 is 1.71 bits per heavy atom. The molecule has 0 fully saturated rings. The van der Waals surface area contributed by atoms with E-state index in [1.54, 1.807) is 0 Å². The molecule has 1 N–H and O–H groups in total. The Morgan fingerprint density at radius 1 is 1.07 bits per heavy atom. The summed E-state index contributed by atoms with van der Waals surface area (Å²) in [6, 6.07) is 10.3. The van der Waals surface area contributed by atoms with Gasteiger partial charge in [-0.3, -0.25) is 0 Å². The summed E-state index contributed by atoms with van der Waals surface area (Å²) in [5.41, 5.74) is 1.32. The Morgan fingerprint density at radius 2 is 1.57 bits per heavy atom. The molecular weight excluding hydrogens is 172 g/mol. The van der Waals surface area contributed by atoms with E-state index in [0.717, 1.165) is 6.42 Å². The van der Waals surface area contributed by atoms with Crippen molar-refractivity contribution in [3.8, 4) is 0 Å². The molecule has 1 rings (SSSR count). The van der Waals surface area contributed by atoms with E-state index >= 15 is 0 Å². The summed E-state index contributed by atoms with van der Waals surface area (Å²) in [6.07, 6.45) is 0.792. The fraction of sp³-hybridized carbons (Fsp3) is 0.538. The second-order valence-corrected chi connectivity index (χ2v) is 4.13. The largest absolute Gasteiger partial charge is 0.393 e. The lowest BCUT2D eigenvalue weighted by molar-refractivity contribution is 0.168. The smallest absolute Gasteiger partial charge is 0.0514 e. The minimum Gasteiger partial charge on any atom is -0.393 e. The van der Waals surface area contributed by atoms with Gasteiger partial charge in [0.1, 0.15) is 0 Å². The molecule has 0 heterocycles. The van der Waals surface area contributed by atoms with Crippen LogP contribution < -0.4 is 0 Å². The van der Waals surface area contributed by atoms with E-state index in [9.17, 15) is 0 Å². The third kappa shape index (κ3) is 9.27. The van der Waals surface area contributed by atoms with Crippen molar-refractivity contribution < 1.29 is 5.11 Å². The molecule has 80 valence electrons. The van der Waals surface area contributed by atoms with E-state index in [4.69, 9.17) is 5.11 Å². The van der Waals surface area contributed by atoms with Crippen LogP contribution in [0.2, 0.25) is 0 Å². The van der Waals surface area contributed by atoms with Crippen molar-refractivity contribution in [1.82, 2.24) is 0 Å². The predicted molar refractivity (Wildman–Crippen MR) is 62.3 cm³/mol. The highest BCUT2D eigenvalue weighted by atomic mass is 16.3. The standard InChI is InChI=1S/C7H8.C6H14O/c1-7-5-3-2-4-6-7;1-5(2)4-6(3)7/h2-6H,1H3;5-7H,4H2,1-3H3. The average Bonchev–Trinajstić information content (AvgIpc) is 2.03. The lowest BCUT2D eigenvalue weighted by Crippen LogP contribution is -2.03. The highest BCUT2D eigenvalue weighted by Gasteiger charge is 1.97. The molecule has 0 spiro atoms. The highest BCUT2D eigenvalue weighted by Crippen LogP contribution is 2.01. The molecule has 1 nitrogen and oxygen atoms in total. The topological polar surface area (TPSA) is 20.2 Å². The molecular formula is C13H22O. The van der Waals surface area contributed by atoms with Gasteiger partial charge in [-0.2, -0.15) is 0 Å². The first kappa shape index (κ1) is 13.2. The summed E-state index contributed by atoms with van der Waals surface area (Å²) >= 11 is 0. The van der Waals surface area contributed by atoms with E-state index in [0.29, 0.717) is 5.92 Å². The monoisotopic (exact) mass is 194 g/mol. The zero-order chi connectivity index (χ0) is 11.0. The third-order valence-electron chi connectivity index (χ3n) is 1.75. The van der Waals surface area contributed by atoms with Gasteiger partial charge in [-0.05, 0) is 26.2 Å². The number of benzene rings is 1. The molecule has 0 radical (unpaired) electrons. The zero-order valence-electron chi connectivity index (χ0n) is 9.70. The Kier molecular flexibility index (Phi) is 7.13. The molecule has 0 saturated carbocycles. The Balaban J connectivity index is 0.000000241. The van der Waals surface area contributed by atoms with Crippen molar-refractivity contribution in [2.45, 2.75) is 40.2 Å². The van der Waals surface area contributed by atoms with Crippen LogP contribution in [0.25, 0.3) is 0 Å². The number of hydrogen-bond acceptors (Lipinski definition) is 1. The maximum absolute atomic E-state index is 8.72. The summed E-state index contributed by atoms with van der Waals surface area (Å²) < 4.78 is 0. The molecule has 1 unspecified atom stereocenters. The zero-order valence-corrected chi connectivity index (χ0v) is 9.70. The van der Waals surface area contributed by atoms with Crippen LogP contribution in [-0.4, -0.2) is 11.2 Å². The molecule has 0 aromatic heterocycles. The van der Waals surface area contributed by atoms with Crippen molar-refractivity contribution in [2.75, 3.05) is 0 Å². The van der Waals surface area contributed by atoms with E-state index in [1.165, 1.54) is 5.56 Å². The maximum Gasteiger partial charge on any atom is 0.0514 e. The van der Waals surface area contributed by atoms with E-state index in [1.807, 2.05) is 25.1 Å². The first-order valence-electron chi connectivity index (χ1n) is 5.22. The van der Waals surface area contributed by atoms with Gasteiger partial charge >= 0.3 is 0 Å². The summed E-state index contributed by atoms with van der Waals surface area (Å²) in [5.74, 6) is 0.625. The van der Waals surface area contributed by atoms with E-state index in [2.05, 4.69) is 32.9 Å². The van der Waals surface area contributed by atoms with Gasteiger partial charge in [0, 0.05) is 0 Å². The van der Waals surface area contributed by atoms with Gasteiger partial charge < -0.3 is 5.11 Å². The number of rotatable bonds is 2. The molecule has 0 aliphatic carbocycles. The number of hydrogen-bond donors (Lipinski definition) is 1. The Bertz CT molecular complexity index is 208. The fourth-order valence-corrected chi connectivity index (χ4v) is 1.22. The second kappa shape index (κ2) is 7.57. The summed E-state index contributed by atoms with van der Waals surface area (Å²) in [7, 11) is 0. The Labute approximate surface area is 87.8 Å². The van der Waals surface area contributed by atoms with Crippen LogP contribution >= 0.6 is 0 Å². The van der Waals surface area contributed by atoms with Crippen LogP contribution in [0, 0.1) is 12.8 Å². The van der Waals surface area contributed by atoms with Gasteiger partial charge in [-0.15, -0.1) is 0 Å². The first-order chi connectivity index (χ1) is 6.52. The fourth-order valence-electron chi connectivity index (χ4n) is 1.22. The molecule has 0 saturated heterocycles. The minimum absolute atomic E-state index is 0.125. The van der Waals surface area contributed by atoms with Crippen molar-refractivity contribution in [2.24, 2.45) is 5.92 Å². The molecule has 0 aliphatic rings. The number of aryl methyl sites for hydroxylation is 1. The normalized spacial score (nSPS) is 11.9. The van der Waals surface area contributed by atoms with Crippen LogP contribution in [0.1, 0.15) is 32.8 Å². The van der Waals surface area contributed by atoms with Gasteiger partial charge in [-0.1, -0.05) is 49.7 Å². The van der Waals surface area contributed by atoms with Crippen LogP contribution in [0.4, 0.5) is 0 Å². The van der Waals surface area contributed by atoms with E-state index in [-0.39, 0.29) is 6.10 Å². The SMILES string of the molecule is CC(C)CC(C)O.Cc1ccccc1. The van der Waals surface area contributed by atoms with Crippen molar-refractivity contribution in [1.29, 1.82) is 0 Å². The van der Waals surface area contributed by atoms with Gasteiger partial charge in [0.25, 0.3) is 0 Å². The molecule has 1 heteroatoms. The molecule has 1 aromatic carbocycles. The van der Waals surface area contributed by atoms with Gasteiger partial charge in [0.05, 0.1) is 6.10 Å². The molecule has 1 atom stereocenters. The van der Waals surface area contributed by atoms with Crippen LogP contribution in [-0.2, 0) is 0 Å². The number of aliphatic hydroxyl groups excluding tert-OH is 1. The summed E-state index contributed by atoms with van der Waals surface area (Å²) in [5, 5.41) is 8.72. The highest BCUT2D eigenvalue weighted by molar-refractivity contribution is 5.11. The molecule has 0 aliphatic heterocycles. The minimum atomic E-state index is -0.125. The Hall–Kier alpha value is -0.820. The molecule has 0 amide bonds. The van der Waals surface area contributed by atoms with E-state index < -0.39 is 0 Å². The number of aliphatic hydroxyl groups is 1. The van der Waals surface area contributed by atoms with Gasteiger partial charge in [-0.25, -0.2) is 0 Å². The molecule has 0 bridgehead atoms. The average molecular weight is 194 g/mol. The lowest BCUT2D eigenvalue weighted by atomic mass is 10.1. The van der Waals surface area contributed by atoms with Gasteiger partial charge in [0.15, 0.2) is 0 Å². The van der Waals surface area contributed by atoms with Crippen LogP contribution in [0.3, 0.4) is 0 Å². The summed E-state index contributed by atoms with van der Waals surface area (Å²) in [6.45, 7) is 8.11.